The third kappa shape index (κ3) is 3.20. The summed E-state index contributed by atoms with van der Waals surface area (Å²) in [5, 5.41) is 12.8. The Morgan fingerprint density at radius 1 is 1.48 bits per heavy atom. The molecular formula is C15H15N3O2S. The molecule has 0 bridgehead atoms. The van der Waals surface area contributed by atoms with Crippen molar-refractivity contribution in [1.82, 2.24) is 4.37 Å². The predicted molar refractivity (Wildman–Crippen MR) is 82.0 cm³/mol. The van der Waals surface area contributed by atoms with Crippen LogP contribution in [0.25, 0.3) is 0 Å². The van der Waals surface area contributed by atoms with Crippen LogP contribution in [0.2, 0.25) is 0 Å². The van der Waals surface area contributed by atoms with Gasteiger partial charge in [-0.2, -0.15) is 9.64 Å². The zero-order valence-corrected chi connectivity index (χ0v) is 12.9. The monoisotopic (exact) mass is 301 g/mol. The summed E-state index contributed by atoms with van der Waals surface area (Å²) in [6.07, 6.45) is 0. The summed E-state index contributed by atoms with van der Waals surface area (Å²) < 4.78 is 9.26. The molecule has 0 aliphatic rings. The fraction of sp³-hybridized carbons (Fsp3) is 0.267. The van der Waals surface area contributed by atoms with Crippen molar-refractivity contribution >= 4 is 28.2 Å². The first kappa shape index (κ1) is 15.0. The molecule has 0 amide bonds. The van der Waals surface area contributed by atoms with Crippen LogP contribution < -0.4 is 5.32 Å². The van der Waals surface area contributed by atoms with Gasteiger partial charge in [0.15, 0.2) is 0 Å². The number of aryl methyl sites for hydroxylation is 2. The lowest BCUT2D eigenvalue weighted by Gasteiger charge is -2.09. The van der Waals surface area contributed by atoms with E-state index in [2.05, 4.69) is 15.8 Å². The minimum absolute atomic E-state index is 0.316. The van der Waals surface area contributed by atoms with Crippen molar-refractivity contribution in [3.8, 4) is 6.07 Å². The normalized spacial score (nSPS) is 10.0. The van der Waals surface area contributed by atoms with E-state index in [9.17, 15) is 4.79 Å². The zero-order chi connectivity index (χ0) is 15.4. The second-order valence-corrected chi connectivity index (χ2v) is 5.23. The van der Waals surface area contributed by atoms with Crippen molar-refractivity contribution in [1.29, 1.82) is 5.26 Å². The van der Waals surface area contributed by atoms with Gasteiger partial charge < -0.3 is 10.1 Å². The van der Waals surface area contributed by atoms with Crippen LogP contribution in [-0.2, 0) is 4.74 Å². The summed E-state index contributed by atoms with van der Waals surface area (Å²) in [7, 11) is 0. The second kappa shape index (κ2) is 6.37. The summed E-state index contributed by atoms with van der Waals surface area (Å²) in [5.41, 5.74) is 3.40. The lowest BCUT2D eigenvalue weighted by Crippen LogP contribution is -2.07. The van der Waals surface area contributed by atoms with Gasteiger partial charge in [-0.15, -0.1) is 0 Å². The maximum Gasteiger partial charge on any atom is 0.343 e. The van der Waals surface area contributed by atoms with E-state index in [0.717, 1.165) is 11.3 Å². The third-order valence-corrected chi connectivity index (χ3v) is 3.81. The number of rotatable bonds is 4. The van der Waals surface area contributed by atoms with Gasteiger partial charge in [0.05, 0.1) is 23.9 Å². The number of nitriles is 1. The highest BCUT2D eigenvalue weighted by Crippen LogP contribution is 2.30. The van der Waals surface area contributed by atoms with Crippen molar-refractivity contribution in [2.75, 3.05) is 11.9 Å². The molecule has 1 N–H and O–H groups in total. The molecule has 5 nitrogen and oxygen atoms in total. The van der Waals surface area contributed by atoms with E-state index in [-0.39, 0.29) is 5.97 Å². The average Bonchev–Trinajstić information content (AvgIpc) is 2.82. The van der Waals surface area contributed by atoms with Crippen LogP contribution in [-0.4, -0.2) is 16.9 Å². The Hall–Kier alpha value is -2.39. The molecule has 0 unspecified atom stereocenters. The maximum absolute atomic E-state index is 12.0. The molecule has 21 heavy (non-hydrogen) atoms. The molecule has 0 aliphatic heterocycles. The van der Waals surface area contributed by atoms with Gasteiger partial charge in [0, 0.05) is 5.69 Å². The van der Waals surface area contributed by atoms with E-state index < -0.39 is 0 Å². The summed E-state index contributed by atoms with van der Waals surface area (Å²) >= 11 is 1.20. The topological polar surface area (TPSA) is 75.0 Å². The van der Waals surface area contributed by atoms with E-state index in [1.54, 1.807) is 26.0 Å². The molecule has 2 aromatic rings. The SMILES string of the molecule is CCOC(=O)c1c(C)nsc1Nc1cc(C#N)ccc1C. The van der Waals surface area contributed by atoms with Gasteiger partial charge in [-0.1, -0.05) is 6.07 Å². The lowest BCUT2D eigenvalue weighted by molar-refractivity contribution is 0.0527. The number of hydrogen-bond donors (Lipinski definition) is 1. The molecule has 0 fully saturated rings. The summed E-state index contributed by atoms with van der Waals surface area (Å²) in [4.78, 5) is 12.0. The number of nitrogens with one attached hydrogen (secondary N) is 1. The van der Waals surface area contributed by atoms with Crippen LogP contribution in [0.4, 0.5) is 10.7 Å². The highest BCUT2D eigenvalue weighted by Gasteiger charge is 2.20. The molecular weight excluding hydrogens is 286 g/mol. The third-order valence-electron chi connectivity index (χ3n) is 2.96. The Morgan fingerprint density at radius 3 is 2.90 bits per heavy atom. The minimum Gasteiger partial charge on any atom is -0.462 e. The number of aromatic nitrogens is 1. The number of hydrogen-bond acceptors (Lipinski definition) is 6. The van der Waals surface area contributed by atoms with E-state index in [1.165, 1.54) is 11.5 Å². The zero-order valence-electron chi connectivity index (χ0n) is 12.1. The number of carbonyl (C=O) groups is 1. The Balaban J connectivity index is 2.37. The van der Waals surface area contributed by atoms with Gasteiger partial charge in [0.1, 0.15) is 10.6 Å². The molecule has 0 atom stereocenters. The number of carbonyl (C=O) groups excluding carboxylic acids is 1. The summed E-state index contributed by atoms with van der Waals surface area (Å²) in [5.74, 6) is -0.389. The Morgan fingerprint density at radius 2 is 2.24 bits per heavy atom. The highest BCUT2D eigenvalue weighted by molar-refractivity contribution is 7.10. The lowest BCUT2D eigenvalue weighted by atomic mass is 10.1. The smallest absolute Gasteiger partial charge is 0.343 e. The number of benzene rings is 1. The fourth-order valence-corrected chi connectivity index (χ4v) is 2.64. The van der Waals surface area contributed by atoms with Gasteiger partial charge in [0.2, 0.25) is 0 Å². The molecule has 1 aromatic carbocycles. The Bertz CT molecular complexity index is 716. The molecule has 0 saturated carbocycles. The van der Waals surface area contributed by atoms with Crippen molar-refractivity contribution in [2.24, 2.45) is 0 Å². The van der Waals surface area contributed by atoms with E-state index in [4.69, 9.17) is 10.00 Å². The second-order valence-electron chi connectivity index (χ2n) is 4.46. The predicted octanol–water partition coefficient (Wildman–Crippen LogP) is 3.55. The number of nitrogens with zero attached hydrogens (tertiary/aromatic N) is 2. The summed E-state index contributed by atoms with van der Waals surface area (Å²) in [6, 6.07) is 7.46. The molecule has 0 radical (unpaired) electrons. The van der Waals surface area contributed by atoms with Crippen molar-refractivity contribution < 1.29 is 9.53 Å². The van der Waals surface area contributed by atoms with Gasteiger partial charge in [0.25, 0.3) is 0 Å². The Labute approximate surface area is 127 Å². The maximum atomic E-state index is 12.0. The van der Waals surface area contributed by atoms with Gasteiger partial charge in [-0.25, -0.2) is 4.79 Å². The van der Waals surface area contributed by atoms with E-state index in [0.29, 0.717) is 28.4 Å². The van der Waals surface area contributed by atoms with Crippen LogP contribution in [0.1, 0.15) is 34.1 Å². The van der Waals surface area contributed by atoms with Crippen LogP contribution in [0, 0.1) is 25.2 Å². The molecule has 108 valence electrons. The Kier molecular flexibility index (Phi) is 4.55. The van der Waals surface area contributed by atoms with Crippen molar-refractivity contribution in [3.05, 3.63) is 40.6 Å². The quantitative estimate of drug-likeness (QED) is 0.874. The van der Waals surface area contributed by atoms with Crippen molar-refractivity contribution in [2.45, 2.75) is 20.8 Å². The number of anilines is 2. The fourth-order valence-electron chi connectivity index (χ4n) is 1.85. The average molecular weight is 301 g/mol. The minimum atomic E-state index is -0.389. The molecule has 2 rings (SSSR count). The van der Waals surface area contributed by atoms with Crippen LogP contribution in [0.5, 0.6) is 0 Å². The summed E-state index contributed by atoms with van der Waals surface area (Å²) in [6.45, 7) is 5.78. The number of ether oxygens (including phenoxy) is 1. The standard InChI is InChI=1S/C15H15N3O2S/c1-4-20-15(19)13-10(3)18-21-14(13)17-12-7-11(8-16)6-5-9(12)2/h5-7,17H,4H2,1-3H3. The van der Waals surface area contributed by atoms with Crippen LogP contribution in [0.15, 0.2) is 18.2 Å². The van der Waals surface area contributed by atoms with Gasteiger partial charge >= 0.3 is 5.97 Å². The molecule has 0 spiro atoms. The molecule has 0 aliphatic carbocycles. The molecule has 0 saturated heterocycles. The largest absolute Gasteiger partial charge is 0.462 e. The first-order valence-electron chi connectivity index (χ1n) is 6.48. The van der Waals surface area contributed by atoms with E-state index in [1.807, 2.05) is 13.0 Å². The van der Waals surface area contributed by atoms with Crippen LogP contribution >= 0.6 is 11.5 Å². The molecule has 1 aromatic heterocycles. The number of esters is 1. The molecule has 1 heterocycles. The first-order valence-corrected chi connectivity index (χ1v) is 7.25. The van der Waals surface area contributed by atoms with E-state index >= 15 is 0 Å². The molecule has 6 heteroatoms. The van der Waals surface area contributed by atoms with Gasteiger partial charge in [-0.05, 0) is 50.0 Å². The first-order chi connectivity index (χ1) is 10.1. The van der Waals surface area contributed by atoms with Crippen molar-refractivity contribution in [3.63, 3.8) is 0 Å². The highest BCUT2D eigenvalue weighted by atomic mass is 32.1. The van der Waals surface area contributed by atoms with Gasteiger partial charge in [-0.3, -0.25) is 0 Å². The van der Waals surface area contributed by atoms with Crippen LogP contribution in [0.3, 0.4) is 0 Å².